The first kappa shape index (κ1) is 20.4. The van der Waals surface area contributed by atoms with E-state index in [4.69, 9.17) is 22.1 Å². The fourth-order valence-electron chi connectivity index (χ4n) is 4.59. The molecule has 9 heteroatoms. The molecule has 0 radical (unpaired) electrons. The van der Waals surface area contributed by atoms with Crippen LogP contribution in [0.15, 0.2) is 37.1 Å². The number of carbonyl (C=O) groups excluding carboxylic acids is 2. The van der Waals surface area contributed by atoms with Gasteiger partial charge < -0.3 is 20.3 Å². The monoisotopic (exact) mass is 451 g/mol. The SMILES string of the molecule is C=CC(=O)N1CCN2C(=O)c3c(N)cc(-c4c(C)ccc5[nH]ncc45)c(Cl)c3OCC2C1. The van der Waals surface area contributed by atoms with E-state index in [0.29, 0.717) is 35.9 Å². The molecule has 0 aliphatic carbocycles. The molecule has 2 aliphatic heterocycles. The Morgan fingerprint density at radius 3 is 2.97 bits per heavy atom. The molecule has 164 valence electrons. The maximum atomic E-state index is 13.4. The van der Waals surface area contributed by atoms with Gasteiger partial charge in [-0.2, -0.15) is 5.10 Å². The molecule has 1 aromatic heterocycles. The highest BCUT2D eigenvalue weighted by Crippen LogP contribution is 2.45. The van der Waals surface area contributed by atoms with E-state index in [0.717, 1.165) is 22.0 Å². The largest absolute Gasteiger partial charge is 0.489 e. The van der Waals surface area contributed by atoms with E-state index >= 15 is 0 Å². The van der Waals surface area contributed by atoms with Crippen molar-refractivity contribution in [3.8, 4) is 16.9 Å². The molecule has 3 heterocycles. The fourth-order valence-corrected chi connectivity index (χ4v) is 4.89. The first-order chi connectivity index (χ1) is 15.4. The Morgan fingerprint density at radius 2 is 2.19 bits per heavy atom. The Morgan fingerprint density at radius 1 is 1.38 bits per heavy atom. The quantitative estimate of drug-likeness (QED) is 0.460. The first-order valence-electron chi connectivity index (χ1n) is 10.3. The Hall–Kier alpha value is -3.52. The third kappa shape index (κ3) is 3.02. The molecule has 2 aromatic carbocycles. The Labute approximate surface area is 189 Å². The number of nitrogens with zero attached hydrogens (tertiary/aromatic N) is 3. The van der Waals surface area contributed by atoms with Gasteiger partial charge in [0.25, 0.3) is 5.91 Å². The number of aryl methyl sites for hydroxylation is 1. The molecule has 5 rings (SSSR count). The van der Waals surface area contributed by atoms with Gasteiger partial charge in [-0.1, -0.05) is 24.2 Å². The van der Waals surface area contributed by atoms with Crippen LogP contribution in [0.25, 0.3) is 22.0 Å². The van der Waals surface area contributed by atoms with E-state index in [-0.39, 0.29) is 35.8 Å². The van der Waals surface area contributed by atoms with Crippen LogP contribution in [0, 0.1) is 6.92 Å². The van der Waals surface area contributed by atoms with Crippen LogP contribution >= 0.6 is 11.6 Å². The number of fused-ring (bicyclic) bond motifs is 3. The number of hydrogen-bond acceptors (Lipinski definition) is 5. The number of H-pyrrole nitrogens is 1. The molecule has 1 unspecified atom stereocenters. The Balaban J connectivity index is 1.61. The number of hydrogen-bond donors (Lipinski definition) is 2. The zero-order chi connectivity index (χ0) is 22.6. The number of nitrogen functional groups attached to an aromatic ring is 1. The molecule has 8 nitrogen and oxygen atoms in total. The molecule has 2 aliphatic rings. The van der Waals surface area contributed by atoms with E-state index in [1.54, 1.807) is 22.1 Å². The van der Waals surface area contributed by atoms with Gasteiger partial charge in [0.15, 0.2) is 5.75 Å². The fraction of sp³-hybridized carbons (Fsp3) is 0.261. The van der Waals surface area contributed by atoms with Crippen molar-refractivity contribution < 1.29 is 14.3 Å². The van der Waals surface area contributed by atoms with Crippen LogP contribution in [0.1, 0.15) is 15.9 Å². The summed E-state index contributed by atoms with van der Waals surface area (Å²) in [7, 11) is 0. The van der Waals surface area contributed by atoms with Gasteiger partial charge in [-0.25, -0.2) is 0 Å². The number of nitrogens with one attached hydrogen (secondary N) is 1. The van der Waals surface area contributed by atoms with E-state index in [1.165, 1.54) is 6.08 Å². The summed E-state index contributed by atoms with van der Waals surface area (Å²) < 4.78 is 6.10. The maximum absolute atomic E-state index is 13.4. The third-order valence-electron chi connectivity index (χ3n) is 6.22. The van der Waals surface area contributed by atoms with Gasteiger partial charge in [-0.3, -0.25) is 14.7 Å². The van der Waals surface area contributed by atoms with Crippen LogP contribution in [-0.2, 0) is 4.79 Å². The molecule has 0 spiro atoms. The summed E-state index contributed by atoms with van der Waals surface area (Å²) in [5.41, 5.74) is 10.4. The second kappa shape index (κ2) is 7.56. The van der Waals surface area contributed by atoms with Crippen molar-refractivity contribution in [2.24, 2.45) is 0 Å². The van der Waals surface area contributed by atoms with Gasteiger partial charge in [-0.15, -0.1) is 0 Å². The van der Waals surface area contributed by atoms with Crippen LogP contribution in [0.2, 0.25) is 5.02 Å². The number of carbonyl (C=O) groups is 2. The number of benzene rings is 2. The van der Waals surface area contributed by atoms with E-state index in [1.807, 2.05) is 19.1 Å². The topological polar surface area (TPSA) is 105 Å². The van der Waals surface area contributed by atoms with Crippen LogP contribution < -0.4 is 10.5 Å². The van der Waals surface area contributed by atoms with Gasteiger partial charge in [0.1, 0.15) is 12.2 Å². The molecule has 1 fully saturated rings. The number of rotatable bonds is 2. The lowest BCUT2D eigenvalue weighted by molar-refractivity contribution is -0.128. The smallest absolute Gasteiger partial charge is 0.260 e. The predicted octanol–water partition coefficient (Wildman–Crippen LogP) is 3.01. The van der Waals surface area contributed by atoms with E-state index < -0.39 is 0 Å². The minimum absolute atomic E-state index is 0.164. The maximum Gasteiger partial charge on any atom is 0.260 e. The summed E-state index contributed by atoms with van der Waals surface area (Å²) in [6.45, 7) is 6.91. The van der Waals surface area contributed by atoms with Gasteiger partial charge in [0, 0.05) is 36.3 Å². The van der Waals surface area contributed by atoms with Crippen molar-refractivity contribution in [2.75, 3.05) is 32.0 Å². The number of amides is 2. The average Bonchev–Trinajstić information content (AvgIpc) is 3.21. The lowest BCUT2D eigenvalue weighted by Gasteiger charge is -2.39. The number of anilines is 1. The highest BCUT2D eigenvalue weighted by Gasteiger charge is 2.38. The minimum Gasteiger partial charge on any atom is -0.489 e. The van der Waals surface area contributed by atoms with Gasteiger partial charge >= 0.3 is 0 Å². The van der Waals surface area contributed by atoms with Gasteiger partial charge in [0.2, 0.25) is 5.91 Å². The highest BCUT2D eigenvalue weighted by molar-refractivity contribution is 6.36. The molecule has 1 saturated heterocycles. The van der Waals surface area contributed by atoms with Crippen molar-refractivity contribution in [3.63, 3.8) is 0 Å². The number of ether oxygens (including phenoxy) is 1. The Bertz CT molecular complexity index is 1280. The molecule has 3 N–H and O–H groups in total. The second-order valence-corrected chi connectivity index (χ2v) is 8.45. The van der Waals surface area contributed by atoms with Crippen LogP contribution in [0.3, 0.4) is 0 Å². The van der Waals surface area contributed by atoms with Crippen LogP contribution in [0.4, 0.5) is 5.69 Å². The van der Waals surface area contributed by atoms with Gasteiger partial charge in [-0.05, 0) is 36.3 Å². The number of piperazine rings is 1. The van der Waals surface area contributed by atoms with Crippen molar-refractivity contribution >= 4 is 40.0 Å². The number of halogens is 1. The molecular formula is C23H22ClN5O3. The lowest BCUT2D eigenvalue weighted by Crippen LogP contribution is -2.57. The average molecular weight is 452 g/mol. The predicted molar refractivity (Wildman–Crippen MR) is 123 cm³/mol. The summed E-state index contributed by atoms with van der Waals surface area (Å²) in [5, 5.41) is 8.35. The van der Waals surface area contributed by atoms with Gasteiger partial charge in [0.05, 0.1) is 22.8 Å². The zero-order valence-electron chi connectivity index (χ0n) is 17.5. The van der Waals surface area contributed by atoms with Crippen molar-refractivity contribution in [1.29, 1.82) is 0 Å². The third-order valence-corrected chi connectivity index (χ3v) is 6.59. The molecular weight excluding hydrogens is 430 g/mol. The van der Waals surface area contributed by atoms with Crippen molar-refractivity contribution in [1.82, 2.24) is 20.0 Å². The summed E-state index contributed by atoms with van der Waals surface area (Å²) in [4.78, 5) is 28.9. The van der Waals surface area contributed by atoms with Crippen LogP contribution in [-0.4, -0.2) is 64.1 Å². The molecule has 2 amide bonds. The van der Waals surface area contributed by atoms with E-state index in [9.17, 15) is 9.59 Å². The number of aromatic nitrogens is 2. The second-order valence-electron chi connectivity index (χ2n) is 8.07. The van der Waals surface area contributed by atoms with Crippen LogP contribution in [0.5, 0.6) is 5.75 Å². The number of nitrogens with two attached hydrogens (primary N) is 1. The summed E-state index contributed by atoms with van der Waals surface area (Å²) in [6, 6.07) is 5.36. The molecule has 1 atom stereocenters. The van der Waals surface area contributed by atoms with Crippen molar-refractivity contribution in [3.05, 3.63) is 53.2 Å². The molecule has 0 saturated carbocycles. The Kier molecular flexibility index (Phi) is 4.82. The van der Waals surface area contributed by atoms with Crippen molar-refractivity contribution in [2.45, 2.75) is 13.0 Å². The lowest BCUT2D eigenvalue weighted by atomic mass is 9.94. The first-order valence-corrected chi connectivity index (χ1v) is 10.7. The summed E-state index contributed by atoms with van der Waals surface area (Å²) in [5.74, 6) is -0.123. The van der Waals surface area contributed by atoms with E-state index in [2.05, 4.69) is 16.8 Å². The standard InChI is InChI=1S/C23H22ClN5O3/c1-3-18(30)28-6-7-29-13(10-28)11-32-22-20(23(29)31)16(25)8-14(21(22)24)19-12(2)4-5-17-15(19)9-26-27-17/h3-5,8-9,13H,1,6-7,10-11,25H2,2H3,(H,26,27). The number of aromatic amines is 1. The highest BCUT2D eigenvalue weighted by atomic mass is 35.5. The molecule has 32 heavy (non-hydrogen) atoms. The minimum atomic E-state index is -0.300. The zero-order valence-corrected chi connectivity index (χ0v) is 18.3. The summed E-state index contributed by atoms with van der Waals surface area (Å²) >= 11 is 6.85. The molecule has 3 aromatic rings. The normalized spacial score (nSPS) is 18.1. The molecule has 0 bridgehead atoms. The summed E-state index contributed by atoms with van der Waals surface area (Å²) in [6.07, 6.45) is 3.02.